The van der Waals surface area contributed by atoms with Crippen molar-refractivity contribution in [3.63, 3.8) is 0 Å². The Labute approximate surface area is 198 Å². The van der Waals surface area contributed by atoms with Gasteiger partial charge in [-0.25, -0.2) is 13.8 Å². The summed E-state index contributed by atoms with van der Waals surface area (Å²) >= 11 is 0. The molecular formula is C26H37N3O3S. The highest BCUT2D eigenvalue weighted by Gasteiger charge is 2.50. The zero-order valence-corrected chi connectivity index (χ0v) is 20.7. The van der Waals surface area contributed by atoms with Crippen LogP contribution in [0, 0.1) is 36.0 Å². The maximum Gasteiger partial charge on any atom is 0.244 e. The summed E-state index contributed by atoms with van der Waals surface area (Å²) in [6.45, 7) is 4.64. The van der Waals surface area contributed by atoms with Crippen LogP contribution in [0.5, 0.6) is 0 Å². The van der Waals surface area contributed by atoms with Crippen LogP contribution >= 0.6 is 0 Å². The number of nitrogens with one attached hydrogen (secondary N) is 1. The molecule has 6 rings (SSSR count). The van der Waals surface area contributed by atoms with Crippen LogP contribution in [-0.2, 0) is 14.8 Å². The SMILES string of the molecule is C/C(CC12CC3CC(CC(C3)C1)C2)=N\NC(=O)[C@@H]1CCCN(S(=O)(=O)c2ccc(C)cc2)C1. The molecule has 33 heavy (non-hydrogen) atoms. The Hall–Kier alpha value is -1.73. The smallest absolute Gasteiger partial charge is 0.244 e. The fourth-order valence-corrected chi connectivity index (χ4v) is 9.09. The maximum atomic E-state index is 13.1. The minimum absolute atomic E-state index is 0.163. The number of hydrogen-bond acceptors (Lipinski definition) is 4. The summed E-state index contributed by atoms with van der Waals surface area (Å²) in [6, 6.07) is 6.91. The topological polar surface area (TPSA) is 78.8 Å². The van der Waals surface area contributed by atoms with Gasteiger partial charge in [-0.1, -0.05) is 17.7 Å². The van der Waals surface area contributed by atoms with Crippen molar-refractivity contribution in [2.75, 3.05) is 13.1 Å². The third-order valence-electron chi connectivity index (χ3n) is 8.57. The molecule has 1 saturated heterocycles. The molecule has 1 atom stereocenters. The molecule has 1 heterocycles. The van der Waals surface area contributed by atoms with Crippen LogP contribution in [0.15, 0.2) is 34.3 Å². The zero-order chi connectivity index (χ0) is 23.2. The van der Waals surface area contributed by atoms with E-state index in [0.717, 1.165) is 35.4 Å². The second-order valence-electron chi connectivity index (χ2n) is 11.4. The summed E-state index contributed by atoms with van der Waals surface area (Å²) in [5, 5.41) is 4.48. The normalized spacial score (nSPS) is 34.4. The van der Waals surface area contributed by atoms with Crippen LogP contribution in [-0.4, -0.2) is 37.4 Å². The number of carbonyl (C=O) groups excluding carboxylic acids is 1. The van der Waals surface area contributed by atoms with Gasteiger partial charge < -0.3 is 0 Å². The van der Waals surface area contributed by atoms with Crippen LogP contribution in [0.2, 0.25) is 0 Å². The van der Waals surface area contributed by atoms with E-state index in [1.807, 2.05) is 26.0 Å². The first-order valence-corrected chi connectivity index (χ1v) is 14.1. The van der Waals surface area contributed by atoms with Gasteiger partial charge in [-0.05, 0) is 107 Å². The fourth-order valence-electron chi connectivity index (χ4n) is 7.56. The Balaban J connectivity index is 1.19. The van der Waals surface area contributed by atoms with Crippen molar-refractivity contribution in [1.82, 2.24) is 9.73 Å². The van der Waals surface area contributed by atoms with Gasteiger partial charge >= 0.3 is 0 Å². The second kappa shape index (κ2) is 8.81. The van der Waals surface area contributed by atoms with E-state index in [1.165, 1.54) is 42.8 Å². The molecule has 4 saturated carbocycles. The van der Waals surface area contributed by atoms with Crippen molar-refractivity contribution >= 4 is 21.6 Å². The number of benzene rings is 1. The van der Waals surface area contributed by atoms with Crippen LogP contribution in [0.1, 0.15) is 70.3 Å². The van der Waals surface area contributed by atoms with E-state index in [4.69, 9.17) is 0 Å². The number of carbonyl (C=O) groups is 1. The van der Waals surface area contributed by atoms with Gasteiger partial charge in [0.15, 0.2) is 0 Å². The van der Waals surface area contributed by atoms with E-state index < -0.39 is 10.0 Å². The molecule has 7 heteroatoms. The predicted octanol–water partition coefficient (Wildman–Crippen LogP) is 4.49. The summed E-state index contributed by atoms with van der Waals surface area (Å²) in [6.07, 6.45) is 10.6. The van der Waals surface area contributed by atoms with Crippen molar-refractivity contribution in [3.05, 3.63) is 29.8 Å². The molecular weight excluding hydrogens is 434 g/mol. The van der Waals surface area contributed by atoms with Crippen molar-refractivity contribution in [1.29, 1.82) is 0 Å². The summed E-state index contributed by atoms with van der Waals surface area (Å²) in [5.41, 5.74) is 5.21. The van der Waals surface area contributed by atoms with Crippen LogP contribution in [0.4, 0.5) is 0 Å². The number of sulfonamides is 1. The number of amides is 1. The first-order valence-electron chi connectivity index (χ1n) is 12.6. The van der Waals surface area contributed by atoms with E-state index >= 15 is 0 Å². The molecule has 1 N–H and O–H groups in total. The highest BCUT2D eigenvalue weighted by molar-refractivity contribution is 7.89. The van der Waals surface area contributed by atoms with Gasteiger partial charge in [-0.2, -0.15) is 9.41 Å². The van der Waals surface area contributed by atoms with Gasteiger partial charge in [-0.3, -0.25) is 4.79 Å². The van der Waals surface area contributed by atoms with Crippen molar-refractivity contribution in [3.8, 4) is 0 Å². The molecule has 0 unspecified atom stereocenters. The Morgan fingerprint density at radius 1 is 1.09 bits per heavy atom. The minimum Gasteiger partial charge on any atom is -0.273 e. The van der Waals surface area contributed by atoms with Gasteiger partial charge in [0.2, 0.25) is 15.9 Å². The maximum absolute atomic E-state index is 13.1. The summed E-state index contributed by atoms with van der Waals surface area (Å²) in [7, 11) is -3.59. The van der Waals surface area contributed by atoms with Gasteiger partial charge in [0.1, 0.15) is 0 Å². The first kappa shape index (κ1) is 23.0. The zero-order valence-electron chi connectivity index (χ0n) is 19.9. The average Bonchev–Trinajstić information content (AvgIpc) is 2.76. The van der Waals surface area contributed by atoms with Gasteiger partial charge in [0, 0.05) is 18.8 Å². The molecule has 180 valence electrons. The lowest BCUT2D eigenvalue weighted by Gasteiger charge is -2.57. The number of hydrazone groups is 1. The number of rotatable bonds is 6. The van der Waals surface area contributed by atoms with Crippen molar-refractivity contribution in [2.45, 2.75) is 76.5 Å². The molecule has 4 bridgehead atoms. The summed E-state index contributed by atoms with van der Waals surface area (Å²) in [4.78, 5) is 13.2. The molecule has 1 aromatic rings. The van der Waals surface area contributed by atoms with Crippen molar-refractivity contribution < 1.29 is 13.2 Å². The highest BCUT2D eigenvalue weighted by Crippen LogP contribution is 2.61. The number of piperidine rings is 1. The van der Waals surface area contributed by atoms with E-state index in [0.29, 0.717) is 29.7 Å². The molecule has 1 aliphatic heterocycles. The molecule has 4 aliphatic carbocycles. The van der Waals surface area contributed by atoms with Gasteiger partial charge in [-0.15, -0.1) is 0 Å². The number of nitrogens with zero attached hydrogens (tertiary/aromatic N) is 2. The largest absolute Gasteiger partial charge is 0.273 e. The van der Waals surface area contributed by atoms with E-state index in [2.05, 4.69) is 10.5 Å². The minimum atomic E-state index is -3.59. The Kier molecular flexibility index (Phi) is 6.15. The third-order valence-corrected chi connectivity index (χ3v) is 10.4. The molecule has 5 aliphatic rings. The fraction of sp³-hybridized carbons (Fsp3) is 0.692. The Morgan fingerprint density at radius 3 is 2.30 bits per heavy atom. The average molecular weight is 472 g/mol. The molecule has 6 nitrogen and oxygen atoms in total. The summed E-state index contributed by atoms with van der Waals surface area (Å²) in [5.74, 6) is 2.19. The lowest BCUT2D eigenvalue weighted by molar-refractivity contribution is -0.126. The van der Waals surface area contributed by atoms with E-state index in [-0.39, 0.29) is 18.4 Å². The third kappa shape index (κ3) is 4.76. The van der Waals surface area contributed by atoms with Crippen LogP contribution < -0.4 is 5.43 Å². The first-order chi connectivity index (χ1) is 15.7. The summed E-state index contributed by atoms with van der Waals surface area (Å²) < 4.78 is 27.6. The standard InChI is InChI=1S/C26H37N3O3S/c1-18-5-7-24(8-6-18)33(31,32)29-9-3-4-23(17-29)25(30)28-27-19(2)13-26-14-20-10-21(15-26)12-22(11-20)16-26/h5-8,20-23H,3-4,9-17H2,1-2H3,(H,28,30)/b27-19+/t20?,21?,22?,23-,26?/m1/s1. The Morgan fingerprint density at radius 2 is 1.70 bits per heavy atom. The lowest BCUT2D eigenvalue weighted by atomic mass is 9.48. The molecule has 0 spiro atoms. The van der Waals surface area contributed by atoms with Crippen LogP contribution in [0.25, 0.3) is 0 Å². The quantitative estimate of drug-likeness (QED) is 0.490. The molecule has 5 fully saturated rings. The van der Waals surface area contributed by atoms with E-state index in [9.17, 15) is 13.2 Å². The van der Waals surface area contributed by atoms with E-state index in [1.54, 1.807) is 12.1 Å². The second-order valence-corrected chi connectivity index (χ2v) is 13.4. The highest BCUT2D eigenvalue weighted by atomic mass is 32.2. The Bertz CT molecular complexity index is 996. The number of hydrogen-bond donors (Lipinski definition) is 1. The molecule has 1 amide bonds. The molecule has 0 radical (unpaired) electrons. The van der Waals surface area contributed by atoms with Crippen molar-refractivity contribution in [2.24, 2.45) is 34.2 Å². The molecule has 1 aromatic carbocycles. The predicted molar refractivity (Wildman–Crippen MR) is 129 cm³/mol. The monoisotopic (exact) mass is 471 g/mol. The molecule has 0 aromatic heterocycles. The van der Waals surface area contributed by atoms with Crippen LogP contribution in [0.3, 0.4) is 0 Å². The number of aryl methyl sites for hydroxylation is 1. The lowest BCUT2D eigenvalue weighted by Crippen LogP contribution is -2.47. The van der Waals surface area contributed by atoms with Gasteiger partial charge in [0.05, 0.1) is 10.8 Å². The van der Waals surface area contributed by atoms with Gasteiger partial charge in [0.25, 0.3) is 0 Å².